The Morgan fingerprint density at radius 3 is 1.31 bits per heavy atom. The summed E-state index contributed by atoms with van der Waals surface area (Å²) in [6.45, 7) is 2.81. The number of aromatic carboxylic acids is 2. The van der Waals surface area contributed by atoms with Gasteiger partial charge in [0.2, 0.25) is 0 Å². The summed E-state index contributed by atoms with van der Waals surface area (Å²) in [6.07, 6.45) is 0. The summed E-state index contributed by atoms with van der Waals surface area (Å²) in [5.41, 5.74) is -0.235. The molecular weight excluding hydrogens is 259 g/mol. The van der Waals surface area contributed by atoms with E-state index in [9.17, 15) is 9.59 Å². The van der Waals surface area contributed by atoms with Crippen LogP contribution in [0.25, 0.3) is 0 Å². The summed E-state index contributed by atoms with van der Waals surface area (Å²) < 4.78 is 0. The molecule has 0 aromatic carbocycles. The van der Waals surface area contributed by atoms with Gasteiger partial charge in [-0.3, -0.25) is 0 Å². The van der Waals surface area contributed by atoms with Crippen LogP contribution in [0.1, 0.15) is 32.4 Å². The van der Waals surface area contributed by atoms with Gasteiger partial charge in [0, 0.05) is 0 Å². The molecule has 0 radical (unpaired) electrons. The first-order chi connectivity index (χ1) is 6.43. The standard InChI is InChI=1S/C8H8N2O4.2ClH/c1-3-5(7(11)12)10-4(2)6(9-3)8(13)14;;/h1-2H3,(H,11,12)(H,13,14);2*1H. The fraction of sp³-hybridized carbons (Fsp3) is 0.250. The van der Waals surface area contributed by atoms with E-state index in [2.05, 4.69) is 9.97 Å². The molecule has 0 bridgehead atoms. The third kappa shape index (κ3) is 3.32. The van der Waals surface area contributed by atoms with Gasteiger partial charge in [-0.2, -0.15) is 0 Å². The Balaban J connectivity index is 0. The fourth-order valence-corrected chi connectivity index (χ4v) is 1.01. The molecule has 8 heteroatoms. The summed E-state index contributed by atoms with van der Waals surface area (Å²) >= 11 is 0. The van der Waals surface area contributed by atoms with Crippen LogP contribution >= 0.6 is 24.8 Å². The maximum Gasteiger partial charge on any atom is 0.356 e. The van der Waals surface area contributed by atoms with E-state index < -0.39 is 11.9 Å². The van der Waals surface area contributed by atoms with Gasteiger partial charge < -0.3 is 10.2 Å². The van der Waals surface area contributed by atoms with Crippen molar-refractivity contribution in [3.63, 3.8) is 0 Å². The van der Waals surface area contributed by atoms with Crippen LogP contribution in [-0.4, -0.2) is 32.1 Å². The Morgan fingerprint density at radius 1 is 0.875 bits per heavy atom. The maximum atomic E-state index is 10.6. The highest BCUT2D eigenvalue weighted by atomic mass is 35.5. The van der Waals surface area contributed by atoms with E-state index >= 15 is 0 Å². The predicted octanol–water partition coefficient (Wildman–Crippen LogP) is 1.33. The van der Waals surface area contributed by atoms with Crippen molar-refractivity contribution in [1.29, 1.82) is 0 Å². The Bertz CT molecular complexity index is 383. The molecular formula is C8H10Cl2N2O4. The molecule has 0 saturated carbocycles. The average molecular weight is 269 g/mol. The molecule has 1 aromatic rings. The molecule has 1 heterocycles. The lowest BCUT2D eigenvalue weighted by Gasteiger charge is -2.03. The molecule has 6 nitrogen and oxygen atoms in total. The van der Waals surface area contributed by atoms with E-state index in [4.69, 9.17) is 10.2 Å². The molecule has 2 N–H and O–H groups in total. The molecule has 0 unspecified atom stereocenters. The third-order valence-electron chi connectivity index (χ3n) is 1.65. The Kier molecular flexibility index (Phi) is 6.63. The van der Waals surface area contributed by atoms with Crippen LogP contribution in [0.4, 0.5) is 0 Å². The molecule has 0 aliphatic carbocycles. The molecule has 0 aliphatic rings. The van der Waals surface area contributed by atoms with Crippen LogP contribution in [0.15, 0.2) is 0 Å². The van der Waals surface area contributed by atoms with E-state index in [1.54, 1.807) is 0 Å². The van der Waals surface area contributed by atoms with Crippen molar-refractivity contribution in [3.8, 4) is 0 Å². The van der Waals surface area contributed by atoms with Crippen LogP contribution < -0.4 is 0 Å². The summed E-state index contributed by atoms with van der Waals surface area (Å²) in [4.78, 5) is 28.5. The highest BCUT2D eigenvalue weighted by molar-refractivity contribution is 5.89. The van der Waals surface area contributed by atoms with Gasteiger partial charge in [0.15, 0.2) is 11.4 Å². The van der Waals surface area contributed by atoms with Gasteiger partial charge in [0.1, 0.15) is 0 Å². The largest absolute Gasteiger partial charge is 0.476 e. The molecule has 0 atom stereocenters. The van der Waals surface area contributed by atoms with Crippen molar-refractivity contribution in [2.45, 2.75) is 13.8 Å². The second-order valence-corrected chi connectivity index (χ2v) is 2.70. The van der Waals surface area contributed by atoms with Crippen molar-refractivity contribution in [3.05, 3.63) is 22.8 Å². The molecule has 90 valence electrons. The number of aromatic nitrogens is 2. The molecule has 0 saturated heterocycles. The molecule has 0 aliphatic heterocycles. The first kappa shape index (κ1) is 17.0. The zero-order chi connectivity index (χ0) is 10.9. The minimum absolute atomic E-state index is 0. The maximum absolute atomic E-state index is 10.6. The number of hydrogen-bond acceptors (Lipinski definition) is 4. The minimum atomic E-state index is -1.21. The quantitative estimate of drug-likeness (QED) is 0.840. The summed E-state index contributed by atoms with van der Waals surface area (Å²) in [5.74, 6) is -2.43. The number of hydrogen-bond donors (Lipinski definition) is 2. The number of carbonyl (C=O) groups is 2. The normalized spacial score (nSPS) is 8.62. The fourth-order valence-electron chi connectivity index (χ4n) is 1.01. The van der Waals surface area contributed by atoms with Gasteiger partial charge in [0.05, 0.1) is 11.4 Å². The van der Waals surface area contributed by atoms with Crippen molar-refractivity contribution < 1.29 is 19.8 Å². The van der Waals surface area contributed by atoms with Gasteiger partial charge in [0.25, 0.3) is 0 Å². The predicted molar refractivity (Wildman–Crippen MR) is 59.9 cm³/mol. The van der Waals surface area contributed by atoms with Crippen LogP contribution in [0.5, 0.6) is 0 Å². The minimum Gasteiger partial charge on any atom is -0.476 e. The van der Waals surface area contributed by atoms with Crippen molar-refractivity contribution in [2.75, 3.05) is 0 Å². The first-order valence-electron chi connectivity index (χ1n) is 3.75. The Morgan fingerprint density at radius 2 is 1.12 bits per heavy atom. The zero-order valence-corrected chi connectivity index (χ0v) is 10.1. The van der Waals surface area contributed by atoms with Gasteiger partial charge in [-0.15, -0.1) is 24.8 Å². The number of carboxylic acid groups (broad SMARTS) is 2. The monoisotopic (exact) mass is 268 g/mol. The second kappa shape index (κ2) is 6.24. The van der Waals surface area contributed by atoms with Crippen LogP contribution in [0.2, 0.25) is 0 Å². The summed E-state index contributed by atoms with van der Waals surface area (Å²) in [5, 5.41) is 17.3. The Hall–Kier alpha value is -1.40. The average Bonchev–Trinajstić information content (AvgIpc) is 2.07. The molecule has 1 rings (SSSR count). The van der Waals surface area contributed by atoms with Gasteiger partial charge in [-0.1, -0.05) is 0 Å². The summed E-state index contributed by atoms with van der Waals surface area (Å²) in [7, 11) is 0. The van der Waals surface area contributed by atoms with Crippen molar-refractivity contribution in [2.24, 2.45) is 0 Å². The Labute approximate surface area is 104 Å². The van der Waals surface area contributed by atoms with E-state index in [-0.39, 0.29) is 47.6 Å². The van der Waals surface area contributed by atoms with Crippen molar-refractivity contribution in [1.82, 2.24) is 9.97 Å². The molecule has 0 amide bonds. The molecule has 0 fully saturated rings. The van der Waals surface area contributed by atoms with Crippen LogP contribution in [0.3, 0.4) is 0 Å². The van der Waals surface area contributed by atoms with Crippen LogP contribution in [-0.2, 0) is 0 Å². The topological polar surface area (TPSA) is 100 Å². The van der Waals surface area contributed by atoms with E-state index in [0.717, 1.165) is 0 Å². The number of nitrogens with zero attached hydrogens (tertiary/aromatic N) is 2. The van der Waals surface area contributed by atoms with Gasteiger partial charge >= 0.3 is 11.9 Å². The second-order valence-electron chi connectivity index (χ2n) is 2.70. The van der Waals surface area contributed by atoms with E-state index in [1.807, 2.05) is 0 Å². The van der Waals surface area contributed by atoms with E-state index in [1.165, 1.54) is 13.8 Å². The number of rotatable bonds is 2. The van der Waals surface area contributed by atoms with E-state index in [0.29, 0.717) is 0 Å². The SMILES string of the molecule is Cc1nc(C(=O)O)c(C)nc1C(=O)O.Cl.Cl. The highest BCUT2D eigenvalue weighted by Gasteiger charge is 2.17. The molecule has 1 aromatic heterocycles. The third-order valence-corrected chi connectivity index (χ3v) is 1.65. The van der Waals surface area contributed by atoms with Crippen molar-refractivity contribution >= 4 is 36.8 Å². The lowest BCUT2D eigenvalue weighted by molar-refractivity contribution is 0.0668. The number of aryl methyl sites for hydroxylation is 2. The highest BCUT2D eigenvalue weighted by Crippen LogP contribution is 2.07. The van der Waals surface area contributed by atoms with Gasteiger partial charge in [-0.05, 0) is 13.8 Å². The van der Waals surface area contributed by atoms with Crippen LogP contribution in [0, 0.1) is 13.8 Å². The molecule has 0 spiro atoms. The van der Waals surface area contributed by atoms with Gasteiger partial charge in [-0.25, -0.2) is 19.6 Å². The molecule has 16 heavy (non-hydrogen) atoms. The smallest absolute Gasteiger partial charge is 0.356 e. The summed E-state index contributed by atoms with van der Waals surface area (Å²) in [6, 6.07) is 0. The first-order valence-corrected chi connectivity index (χ1v) is 3.75. The zero-order valence-electron chi connectivity index (χ0n) is 8.42. The lowest BCUT2D eigenvalue weighted by atomic mass is 10.2. The lowest BCUT2D eigenvalue weighted by Crippen LogP contribution is -2.13. The number of carboxylic acids is 2. The number of halogens is 2.